The van der Waals surface area contributed by atoms with Crippen molar-refractivity contribution >= 4 is 15.5 Å². The minimum atomic E-state index is -3.24. The van der Waals surface area contributed by atoms with Crippen molar-refractivity contribution in [1.29, 1.82) is 0 Å². The van der Waals surface area contributed by atoms with Gasteiger partial charge in [0.15, 0.2) is 9.84 Å². The van der Waals surface area contributed by atoms with Gasteiger partial charge in [0.25, 0.3) is 0 Å². The molecular weight excluding hydrogens is 286 g/mol. The van der Waals surface area contributed by atoms with E-state index in [9.17, 15) is 8.42 Å². The fraction of sp³-hybridized carbons (Fsp3) is 0.250. The lowest BCUT2D eigenvalue weighted by Crippen LogP contribution is -2.09. The first-order valence-electron chi connectivity index (χ1n) is 6.81. The quantitative estimate of drug-likeness (QED) is 0.861. The van der Waals surface area contributed by atoms with Crippen molar-refractivity contribution in [1.82, 2.24) is 0 Å². The van der Waals surface area contributed by atoms with E-state index in [0.717, 1.165) is 11.1 Å². The average molecular weight is 305 g/mol. The van der Waals surface area contributed by atoms with Gasteiger partial charge < -0.3 is 10.4 Å². The third kappa shape index (κ3) is 3.83. The summed E-state index contributed by atoms with van der Waals surface area (Å²) in [5.41, 5.74) is 2.49. The molecule has 2 aromatic carbocycles. The number of anilines is 1. The molecule has 0 radical (unpaired) electrons. The molecule has 112 valence electrons. The molecule has 0 fully saturated rings. The van der Waals surface area contributed by atoms with Crippen molar-refractivity contribution in [2.75, 3.05) is 11.1 Å². The van der Waals surface area contributed by atoms with Gasteiger partial charge in [-0.05, 0) is 23.3 Å². The molecule has 21 heavy (non-hydrogen) atoms. The molecule has 0 amide bonds. The third-order valence-corrected chi connectivity index (χ3v) is 5.08. The van der Waals surface area contributed by atoms with Gasteiger partial charge in [-0.2, -0.15) is 0 Å². The fourth-order valence-corrected chi connectivity index (χ4v) is 3.07. The standard InChI is InChI=1S/C16H19NO3S/c1-2-21(19,20)16-6-4-3-5-15(16)17-11-13-7-9-14(12-18)10-8-13/h3-10,17-18H,2,11-12H2,1H3. The van der Waals surface area contributed by atoms with Crippen LogP contribution in [0.5, 0.6) is 0 Å². The first-order chi connectivity index (χ1) is 10.1. The number of para-hydroxylation sites is 1. The number of sulfone groups is 1. The molecule has 0 heterocycles. The van der Waals surface area contributed by atoms with E-state index in [0.29, 0.717) is 17.1 Å². The number of benzene rings is 2. The molecule has 2 rings (SSSR count). The van der Waals surface area contributed by atoms with Crippen molar-refractivity contribution in [3.63, 3.8) is 0 Å². The summed E-state index contributed by atoms with van der Waals surface area (Å²) in [5.74, 6) is 0.0802. The van der Waals surface area contributed by atoms with E-state index >= 15 is 0 Å². The van der Waals surface area contributed by atoms with Gasteiger partial charge in [-0.25, -0.2) is 8.42 Å². The molecule has 0 spiro atoms. The normalized spacial score (nSPS) is 11.3. The Balaban J connectivity index is 2.16. The number of nitrogens with one attached hydrogen (secondary N) is 1. The van der Waals surface area contributed by atoms with Gasteiger partial charge in [0, 0.05) is 6.54 Å². The minimum Gasteiger partial charge on any atom is -0.392 e. The van der Waals surface area contributed by atoms with Crippen molar-refractivity contribution < 1.29 is 13.5 Å². The molecule has 4 nitrogen and oxygen atoms in total. The average Bonchev–Trinajstić information content (AvgIpc) is 2.53. The zero-order valence-electron chi connectivity index (χ0n) is 11.9. The number of rotatable bonds is 6. The maximum atomic E-state index is 12.0. The van der Waals surface area contributed by atoms with Crippen LogP contribution < -0.4 is 5.32 Å². The highest BCUT2D eigenvalue weighted by Crippen LogP contribution is 2.22. The molecule has 0 aliphatic heterocycles. The maximum absolute atomic E-state index is 12.0. The van der Waals surface area contributed by atoms with Crippen LogP contribution in [0, 0.1) is 0 Å². The predicted octanol–water partition coefficient (Wildman–Crippen LogP) is 2.58. The molecule has 0 unspecified atom stereocenters. The van der Waals surface area contributed by atoms with Crippen LogP contribution in [0.3, 0.4) is 0 Å². The van der Waals surface area contributed by atoms with Crippen LogP contribution in [0.1, 0.15) is 18.1 Å². The molecule has 2 aromatic rings. The Bertz CT molecular complexity index is 694. The Morgan fingerprint density at radius 1 is 1.00 bits per heavy atom. The van der Waals surface area contributed by atoms with Gasteiger partial charge in [0.05, 0.1) is 22.9 Å². The Kier molecular flexibility index (Phi) is 4.98. The van der Waals surface area contributed by atoms with Gasteiger partial charge in [0.1, 0.15) is 0 Å². The second-order valence-electron chi connectivity index (χ2n) is 4.73. The summed E-state index contributed by atoms with van der Waals surface area (Å²) in [4.78, 5) is 0.333. The summed E-state index contributed by atoms with van der Waals surface area (Å²) in [6, 6.07) is 14.5. The summed E-state index contributed by atoms with van der Waals surface area (Å²) in [7, 11) is -3.24. The molecule has 0 aliphatic rings. The van der Waals surface area contributed by atoms with Crippen LogP contribution in [0.15, 0.2) is 53.4 Å². The highest BCUT2D eigenvalue weighted by atomic mass is 32.2. The van der Waals surface area contributed by atoms with Crippen LogP contribution >= 0.6 is 0 Å². The van der Waals surface area contributed by atoms with E-state index in [4.69, 9.17) is 5.11 Å². The fourth-order valence-electron chi connectivity index (χ4n) is 2.00. The van der Waals surface area contributed by atoms with E-state index in [1.54, 1.807) is 25.1 Å². The third-order valence-electron chi connectivity index (χ3n) is 3.29. The molecule has 2 N–H and O–H groups in total. The summed E-state index contributed by atoms with van der Waals surface area (Å²) < 4.78 is 24.1. The number of aliphatic hydroxyl groups excluding tert-OH is 1. The Hall–Kier alpha value is -1.85. The first-order valence-corrected chi connectivity index (χ1v) is 8.46. The highest BCUT2D eigenvalue weighted by Gasteiger charge is 2.15. The molecule has 0 bridgehead atoms. The van der Waals surface area contributed by atoms with Crippen molar-refractivity contribution in [3.05, 3.63) is 59.7 Å². The van der Waals surface area contributed by atoms with Crippen molar-refractivity contribution in [3.8, 4) is 0 Å². The Labute approximate surface area is 125 Å². The SMILES string of the molecule is CCS(=O)(=O)c1ccccc1NCc1ccc(CO)cc1. The number of hydrogen-bond acceptors (Lipinski definition) is 4. The Morgan fingerprint density at radius 2 is 1.62 bits per heavy atom. The van der Waals surface area contributed by atoms with Crippen LogP contribution in [0.25, 0.3) is 0 Å². The van der Waals surface area contributed by atoms with Gasteiger partial charge >= 0.3 is 0 Å². The second-order valence-corrected chi connectivity index (χ2v) is 6.97. The number of aliphatic hydroxyl groups is 1. The molecule has 0 saturated heterocycles. The van der Waals surface area contributed by atoms with E-state index in [1.807, 2.05) is 30.3 Å². The molecule has 0 atom stereocenters. The summed E-state index contributed by atoms with van der Waals surface area (Å²) in [5, 5.41) is 12.2. The lowest BCUT2D eigenvalue weighted by Gasteiger charge is -2.12. The van der Waals surface area contributed by atoms with Gasteiger partial charge in [0.2, 0.25) is 0 Å². The monoisotopic (exact) mass is 305 g/mol. The molecule has 0 saturated carbocycles. The van der Waals surface area contributed by atoms with E-state index < -0.39 is 9.84 Å². The van der Waals surface area contributed by atoms with Crippen LogP contribution in [-0.4, -0.2) is 19.3 Å². The minimum absolute atomic E-state index is 0.0191. The van der Waals surface area contributed by atoms with Crippen LogP contribution in [0.4, 0.5) is 5.69 Å². The summed E-state index contributed by atoms with van der Waals surface area (Å²) >= 11 is 0. The smallest absolute Gasteiger partial charge is 0.180 e. The van der Waals surface area contributed by atoms with Crippen molar-refractivity contribution in [2.24, 2.45) is 0 Å². The van der Waals surface area contributed by atoms with E-state index in [2.05, 4.69) is 5.32 Å². The number of hydrogen-bond donors (Lipinski definition) is 2. The highest BCUT2D eigenvalue weighted by molar-refractivity contribution is 7.91. The first kappa shape index (κ1) is 15.5. The van der Waals surface area contributed by atoms with Crippen LogP contribution in [-0.2, 0) is 23.0 Å². The Morgan fingerprint density at radius 3 is 2.24 bits per heavy atom. The van der Waals surface area contributed by atoms with E-state index in [-0.39, 0.29) is 12.4 Å². The summed E-state index contributed by atoms with van der Waals surface area (Å²) in [6.45, 7) is 2.19. The maximum Gasteiger partial charge on any atom is 0.180 e. The van der Waals surface area contributed by atoms with Gasteiger partial charge in [-0.1, -0.05) is 43.3 Å². The predicted molar refractivity (Wildman–Crippen MR) is 83.9 cm³/mol. The second kappa shape index (κ2) is 6.74. The lowest BCUT2D eigenvalue weighted by molar-refractivity contribution is 0.282. The van der Waals surface area contributed by atoms with Gasteiger partial charge in [-0.15, -0.1) is 0 Å². The zero-order chi connectivity index (χ0) is 15.3. The molecule has 5 heteroatoms. The van der Waals surface area contributed by atoms with Crippen LogP contribution in [0.2, 0.25) is 0 Å². The molecule has 0 aromatic heterocycles. The van der Waals surface area contributed by atoms with E-state index in [1.165, 1.54) is 0 Å². The molecule has 0 aliphatic carbocycles. The largest absolute Gasteiger partial charge is 0.392 e. The lowest BCUT2D eigenvalue weighted by atomic mass is 10.1. The molecular formula is C16H19NO3S. The van der Waals surface area contributed by atoms with Gasteiger partial charge in [-0.3, -0.25) is 0 Å². The topological polar surface area (TPSA) is 66.4 Å². The summed E-state index contributed by atoms with van der Waals surface area (Å²) in [6.07, 6.45) is 0. The zero-order valence-corrected chi connectivity index (χ0v) is 12.7. The van der Waals surface area contributed by atoms with Crippen molar-refractivity contribution in [2.45, 2.75) is 25.0 Å².